The summed E-state index contributed by atoms with van der Waals surface area (Å²) in [4.78, 5) is 40.1. The molecular weight excluding hydrogens is 582 g/mol. The summed E-state index contributed by atoms with van der Waals surface area (Å²) in [6.07, 6.45) is 0.474. The minimum absolute atomic E-state index is 0.125. The minimum Gasteiger partial charge on any atom is -0.495 e. The highest BCUT2D eigenvalue weighted by molar-refractivity contribution is 6.31. The van der Waals surface area contributed by atoms with Crippen LogP contribution in [0.4, 0.5) is 15.8 Å². The molecule has 3 amide bonds. The van der Waals surface area contributed by atoms with Crippen molar-refractivity contribution in [3.05, 3.63) is 87.2 Å². The van der Waals surface area contributed by atoms with E-state index in [0.717, 1.165) is 0 Å². The summed E-state index contributed by atoms with van der Waals surface area (Å²) in [7, 11) is 1.40. The van der Waals surface area contributed by atoms with Gasteiger partial charge in [0.15, 0.2) is 0 Å². The molecule has 5 rings (SSSR count). The molecule has 2 aliphatic heterocycles. The predicted molar refractivity (Wildman–Crippen MR) is 161 cm³/mol. The molecule has 1 saturated heterocycles. The van der Waals surface area contributed by atoms with Crippen molar-refractivity contribution >= 4 is 52.3 Å². The molecule has 0 aromatic heterocycles. The molecule has 1 spiro atoms. The molecule has 0 radical (unpaired) electrons. The highest BCUT2D eigenvalue weighted by Crippen LogP contribution is 2.57. The van der Waals surface area contributed by atoms with Crippen LogP contribution in [-0.4, -0.2) is 36.9 Å². The number of rotatable bonds is 6. The summed E-state index contributed by atoms with van der Waals surface area (Å²) in [6, 6.07) is 12.4. The number of amides is 3. The second-order valence-corrected chi connectivity index (χ2v) is 12.7. The number of carbonyl (C=O) groups is 3. The van der Waals surface area contributed by atoms with Crippen LogP contribution in [0.25, 0.3) is 0 Å². The van der Waals surface area contributed by atoms with E-state index in [4.69, 9.17) is 33.7 Å². The van der Waals surface area contributed by atoms with Crippen molar-refractivity contribution in [2.45, 2.75) is 50.6 Å². The molecule has 11 heteroatoms. The fraction of sp³-hybridized carbons (Fsp3) is 0.323. The molecule has 4 unspecified atom stereocenters. The topological polar surface area (TPSA) is 123 Å². The Morgan fingerprint density at radius 2 is 1.86 bits per heavy atom. The number of hydrogen-bond acceptors (Lipinski definition) is 5. The summed E-state index contributed by atoms with van der Waals surface area (Å²) in [6.45, 7) is 6.10. The molecule has 2 heterocycles. The van der Waals surface area contributed by atoms with Gasteiger partial charge in [-0.25, -0.2) is 4.39 Å². The fourth-order valence-electron chi connectivity index (χ4n) is 6.31. The largest absolute Gasteiger partial charge is 0.495 e. The van der Waals surface area contributed by atoms with Gasteiger partial charge < -0.3 is 26.4 Å². The maximum Gasteiger partial charge on any atom is 0.248 e. The van der Waals surface area contributed by atoms with E-state index < -0.39 is 41.0 Å². The van der Waals surface area contributed by atoms with E-state index in [-0.39, 0.29) is 38.9 Å². The summed E-state index contributed by atoms with van der Waals surface area (Å²) >= 11 is 12.5. The first-order chi connectivity index (χ1) is 19.8. The van der Waals surface area contributed by atoms with E-state index in [9.17, 15) is 14.4 Å². The lowest BCUT2D eigenvalue weighted by atomic mass is 9.62. The normalized spacial score (nSPS) is 23.0. The average Bonchev–Trinajstić information content (AvgIpc) is 3.39. The Hall–Kier alpha value is -3.66. The highest BCUT2D eigenvalue weighted by Gasteiger charge is 2.66. The van der Waals surface area contributed by atoms with E-state index in [2.05, 4.69) is 16.0 Å². The summed E-state index contributed by atoms with van der Waals surface area (Å²) in [5.41, 5.74) is 5.45. The van der Waals surface area contributed by atoms with E-state index in [1.807, 2.05) is 20.8 Å². The molecular formula is C31H31Cl2FN4O4. The zero-order valence-corrected chi connectivity index (χ0v) is 25.0. The molecule has 2 aliphatic rings. The lowest BCUT2D eigenvalue weighted by Gasteiger charge is -2.37. The average molecular weight is 614 g/mol. The van der Waals surface area contributed by atoms with Crippen LogP contribution in [0.3, 0.4) is 0 Å². The molecule has 220 valence electrons. The van der Waals surface area contributed by atoms with E-state index in [1.165, 1.54) is 31.4 Å². The second kappa shape index (κ2) is 10.9. The van der Waals surface area contributed by atoms with Crippen molar-refractivity contribution in [3.63, 3.8) is 0 Å². The Kier molecular flexibility index (Phi) is 7.72. The molecule has 1 fully saturated rings. The minimum atomic E-state index is -1.39. The van der Waals surface area contributed by atoms with E-state index in [1.54, 1.807) is 30.3 Å². The van der Waals surface area contributed by atoms with Crippen LogP contribution < -0.4 is 26.4 Å². The van der Waals surface area contributed by atoms with Crippen LogP contribution >= 0.6 is 23.2 Å². The van der Waals surface area contributed by atoms with E-state index in [0.29, 0.717) is 22.7 Å². The van der Waals surface area contributed by atoms with Gasteiger partial charge in [0.05, 0.1) is 23.9 Å². The van der Waals surface area contributed by atoms with Crippen molar-refractivity contribution in [2.75, 3.05) is 17.7 Å². The third-order valence-corrected chi connectivity index (χ3v) is 8.49. The molecule has 0 saturated carbocycles. The van der Waals surface area contributed by atoms with Gasteiger partial charge in [-0.05, 0) is 59.4 Å². The number of fused-ring (bicyclic) bond motifs is 2. The van der Waals surface area contributed by atoms with Crippen LogP contribution in [0.2, 0.25) is 10.0 Å². The summed E-state index contributed by atoms with van der Waals surface area (Å²) < 4.78 is 21.3. The molecule has 8 nitrogen and oxygen atoms in total. The Morgan fingerprint density at radius 1 is 1.12 bits per heavy atom. The number of anilines is 2. The second-order valence-electron chi connectivity index (χ2n) is 11.9. The molecule has 5 N–H and O–H groups in total. The van der Waals surface area contributed by atoms with Gasteiger partial charge >= 0.3 is 0 Å². The number of methoxy groups -OCH3 is 1. The Labute approximate surface area is 253 Å². The number of benzene rings is 3. The highest BCUT2D eigenvalue weighted by atomic mass is 35.5. The van der Waals surface area contributed by atoms with Crippen molar-refractivity contribution in [1.82, 2.24) is 5.32 Å². The van der Waals surface area contributed by atoms with Crippen LogP contribution in [0.15, 0.2) is 54.6 Å². The lowest BCUT2D eigenvalue weighted by Crippen LogP contribution is -2.49. The Bertz CT molecular complexity index is 1610. The first kappa shape index (κ1) is 29.8. The fourth-order valence-corrected chi connectivity index (χ4v) is 6.66. The number of nitrogens with two attached hydrogens (primary N) is 1. The summed E-state index contributed by atoms with van der Waals surface area (Å²) in [5, 5.41) is 9.52. The van der Waals surface area contributed by atoms with Gasteiger partial charge in [0.25, 0.3) is 0 Å². The molecule has 0 aliphatic carbocycles. The smallest absolute Gasteiger partial charge is 0.248 e. The zero-order valence-electron chi connectivity index (χ0n) is 23.5. The van der Waals surface area contributed by atoms with Crippen LogP contribution in [0, 0.1) is 11.2 Å². The molecule has 3 aromatic rings. The first-order valence-electron chi connectivity index (χ1n) is 13.4. The number of halogens is 3. The van der Waals surface area contributed by atoms with Crippen molar-refractivity contribution in [2.24, 2.45) is 11.1 Å². The monoisotopic (exact) mass is 612 g/mol. The van der Waals surface area contributed by atoms with Gasteiger partial charge in [-0.1, -0.05) is 62.2 Å². The molecule has 0 bridgehead atoms. The summed E-state index contributed by atoms with van der Waals surface area (Å²) in [5.74, 6) is -3.07. The lowest BCUT2D eigenvalue weighted by molar-refractivity contribution is -0.122. The Morgan fingerprint density at radius 3 is 2.52 bits per heavy atom. The van der Waals surface area contributed by atoms with Crippen LogP contribution in [0.5, 0.6) is 5.75 Å². The SMILES string of the molecule is COc1cc(C(N)=O)ccc1NC(=O)C1NC(CC(C)(C)C)C2(C(=O)Nc3cc(Cl)ccc32)C1c1cccc(Cl)c1F. The number of ether oxygens (including phenoxy) is 1. The van der Waals surface area contributed by atoms with Gasteiger partial charge in [-0.2, -0.15) is 0 Å². The van der Waals surface area contributed by atoms with Crippen LogP contribution in [0.1, 0.15) is 54.6 Å². The first-order valence-corrected chi connectivity index (χ1v) is 14.1. The van der Waals surface area contributed by atoms with Crippen molar-refractivity contribution in [1.29, 1.82) is 0 Å². The number of nitrogens with one attached hydrogen (secondary N) is 3. The number of primary amides is 1. The maximum absolute atomic E-state index is 15.9. The van der Waals surface area contributed by atoms with Gasteiger partial charge in [-0.15, -0.1) is 0 Å². The number of carbonyl (C=O) groups excluding carboxylic acids is 3. The zero-order chi connectivity index (χ0) is 30.6. The van der Waals surface area contributed by atoms with Crippen LogP contribution in [-0.2, 0) is 15.0 Å². The molecule has 4 atom stereocenters. The van der Waals surface area contributed by atoms with Gasteiger partial charge in [0.2, 0.25) is 17.7 Å². The predicted octanol–water partition coefficient (Wildman–Crippen LogP) is 5.63. The molecule has 3 aromatic carbocycles. The standard InChI is InChI=1S/C31H31Cl2FN4O4/c1-30(2,3)14-23-31(18-10-9-16(32)13-21(18)37-29(31)41)24(17-6-5-7-19(33)25(17)34)26(38-23)28(40)36-20-11-8-15(27(35)39)12-22(20)42-4/h5-13,23-24,26,38H,14H2,1-4H3,(H2,35,39)(H,36,40)(H,37,41). The van der Waals surface area contributed by atoms with Crippen molar-refractivity contribution < 1.29 is 23.5 Å². The molecule has 42 heavy (non-hydrogen) atoms. The quantitative estimate of drug-likeness (QED) is 0.287. The van der Waals surface area contributed by atoms with Gasteiger partial charge in [0.1, 0.15) is 17.0 Å². The Balaban J connectivity index is 1.70. The van der Waals surface area contributed by atoms with Gasteiger partial charge in [-0.3, -0.25) is 14.4 Å². The maximum atomic E-state index is 15.9. The van der Waals surface area contributed by atoms with E-state index >= 15 is 4.39 Å². The van der Waals surface area contributed by atoms with Gasteiger partial charge in [0, 0.05) is 28.2 Å². The van der Waals surface area contributed by atoms with Crippen molar-refractivity contribution in [3.8, 4) is 5.75 Å². The third kappa shape index (κ3) is 4.99. The number of hydrogen-bond donors (Lipinski definition) is 4. The third-order valence-electron chi connectivity index (χ3n) is 7.96.